The third-order valence-corrected chi connectivity index (χ3v) is 4.70. The van der Waals surface area contributed by atoms with Gasteiger partial charge in [-0.25, -0.2) is 0 Å². The molecule has 0 saturated heterocycles. The molecule has 6 nitrogen and oxygen atoms in total. The van der Waals surface area contributed by atoms with Crippen LogP contribution in [0.3, 0.4) is 0 Å². The van der Waals surface area contributed by atoms with Crippen molar-refractivity contribution in [1.82, 2.24) is 5.32 Å². The normalized spacial score (nSPS) is 11.9. The van der Waals surface area contributed by atoms with E-state index in [-0.39, 0.29) is 36.6 Å². The number of nitrogens with one attached hydrogen (secondary N) is 2. The van der Waals surface area contributed by atoms with Gasteiger partial charge in [0.1, 0.15) is 5.84 Å². The van der Waals surface area contributed by atoms with Crippen LogP contribution in [0.4, 0.5) is 0 Å². The summed E-state index contributed by atoms with van der Waals surface area (Å²) in [6.07, 6.45) is 1.22. The van der Waals surface area contributed by atoms with Crippen molar-refractivity contribution in [3.8, 4) is 0 Å². The number of carbonyl (C=O) groups excluding carboxylic acids is 2. The number of rotatable bonds is 9. The van der Waals surface area contributed by atoms with Crippen LogP contribution < -0.4 is 16.8 Å². The molecule has 0 aliphatic heterocycles. The van der Waals surface area contributed by atoms with Crippen LogP contribution in [0.1, 0.15) is 30.0 Å². The number of aryl methyl sites for hydroxylation is 1. The van der Waals surface area contributed by atoms with Gasteiger partial charge in [0, 0.05) is 23.9 Å². The van der Waals surface area contributed by atoms with Crippen LogP contribution in [-0.4, -0.2) is 17.6 Å². The summed E-state index contributed by atoms with van der Waals surface area (Å²) < 4.78 is 0. The molecule has 2 atom stereocenters. The molecule has 0 aliphatic carbocycles. The number of nitrogen functional groups attached to an aromatic ring is 1. The minimum Gasteiger partial charge on any atom is -0.384 e. The standard InChI is InChI=1S/C21H26N4O2.2ClH/c1-14(18(20(24)26)12-9-15-5-3-2-4-6-15)21(27)25-13-16-7-10-17(11-8-16)19(22)23;;/h2-8,10-11,14,18H,9,12-13H2,1H3,(H3,22,23)(H2,24,26)(H,25,27);2*1H/t14-,18?;;/m0../s1. The van der Waals surface area contributed by atoms with Crippen LogP contribution in [0.25, 0.3) is 0 Å². The van der Waals surface area contributed by atoms with Gasteiger partial charge in [-0.15, -0.1) is 24.8 Å². The molecule has 0 fully saturated rings. The Balaban J connectivity index is 0.00000392. The fourth-order valence-electron chi connectivity index (χ4n) is 2.94. The maximum atomic E-state index is 12.5. The summed E-state index contributed by atoms with van der Waals surface area (Å²) in [4.78, 5) is 24.3. The Labute approximate surface area is 183 Å². The SMILES string of the molecule is C[C@H](C(=O)NCc1ccc(C(=N)N)cc1)C(CCc1ccccc1)C(N)=O.Cl.Cl. The second-order valence-electron chi connectivity index (χ2n) is 6.65. The molecule has 0 radical (unpaired) electrons. The van der Waals surface area contributed by atoms with Gasteiger partial charge in [-0.05, 0) is 24.0 Å². The average Bonchev–Trinajstić information content (AvgIpc) is 2.67. The number of hydrogen-bond donors (Lipinski definition) is 4. The molecular formula is C21H28Cl2N4O2. The van der Waals surface area contributed by atoms with E-state index in [0.29, 0.717) is 24.9 Å². The van der Waals surface area contributed by atoms with Gasteiger partial charge in [0.25, 0.3) is 0 Å². The quantitative estimate of drug-likeness (QED) is 0.355. The largest absolute Gasteiger partial charge is 0.384 e. The molecule has 0 heterocycles. The fraction of sp³-hybridized carbons (Fsp3) is 0.286. The molecule has 0 aromatic heterocycles. The predicted octanol–water partition coefficient (Wildman–Crippen LogP) is 2.80. The lowest BCUT2D eigenvalue weighted by molar-refractivity contribution is -0.133. The van der Waals surface area contributed by atoms with Gasteiger partial charge in [-0.2, -0.15) is 0 Å². The van der Waals surface area contributed by atoms with Crippen molar-refractivity contribution in [1.29, 1.82) is 5.41 Å². The molecule has 1 unspecified atom stereocenters. The van der Waals surface area contributed by atoms with Crippen molar-refractivity contribution < 1.29 is 9.59 Å². The Morgan fingerprint density at radius 1 is 0.966 bits per heavy atom. The summed E-state index contributed by atoms with van der Waals surface area (Å²) in [7, 11) is 0. The van der Waals surface area contributed by atoms with E-state index in [1.165, 1.54) is 0 Å². The van der Waals surface area contributed by atoms with E-state index in [1.807, 2.05) is 42.5 Å². The maximum absolute atomic E-state index is 12.5. The van der Waals surface area contributed by atoms with Crippen molar-refractivity contribution in [3.05, 3.63) is 71.3 Å². The van der Waals surface area contributed by atoms with Crippen molar-refractivity contribution in [2.45, 2.75) is 26.3 Å². The zero-order valence-corrected chi connectivity index (χ0v) is 17.9. The summed E-state index contributed by atoms with van der Waals surface area (Å²) in [6, 6.07) is 16.9. The lowest BCUT2D eigenvalue weighted by atomic mass is 9.87. The molecule has 8 heteroatoms. The van der Waals surface area contributed by atoms with Crippen molar-refractivity contribution in [2.75, 3.05) is 0 Å². The van der Waals surface area contributed by atoms with Crippen LogP contribution in [0.15, 0.2) is 54.6 Å². The Kier molecular flexibility index (Phi) is 11.7. The van der Waals surface area contributed by atoms with E-state index in [9.17, 15) is 9.59 Å². The fourth-order valence-corrected chi connectivity index (χ4v) is 2.94. The maximum Gasteiger partial charge on any atom is 0.223 e. The van der Waals surface area contributed by atoms with E-state index in [4.69, 9.17) is 16.9 Å². The van der Waals surface area contributed by atoms with Gasteiger partial charge in [0.05, 0.1) is 0 Å². The first kappa shape index (κ1) is 26.4. The molecule has 2 aromatic carbocycles. The highest BCUT2D eigenvalue weighted by atomic mass is 35.5. The van der Waals surface area contributed by atoms with Crippen LogP contribution in [0.2, 0.25) is 0 Å². The van der Waals surface area contributed by atoms with E-state index < -0.39 is 17.7 Å². The number of benzene rings is 2. The van der Waals surface area contributed by atoms with Gasteiger partial charge >= 0.3 is 0 Å². The molecular weight excluding hydrogens is 411 g/mol. The van der Waals surface area contributed by atoms with Crippen molar-refractivity contribution in [3.63, 3.8) is 0 Å². The topological polar surface area (TPSA) is 122 Å². The summed E-state index contributed by atoms with van der Waals surface area (Å²) in [6.45, 7) is 2.07. The van der Waals surface area contributed by atoms with Crippen molar-refractivity contribution >= 4 is 42.5 Å². The molecule has 2 aromatic rings. The number of amides is 2. The zero-order valence-electron chi connectivity index (χ0n) is 16.3. The Bertz CT molecular complexity index is 798. The van der Waals surface area contributed by atoms with E-state index in [0.717, 1.165) is 11.1 Å². The molecule has 0 saturated carbocycles. The number of hydrogen-bond acceptors (Lipinski definition) is 3. The molecule has 158 valence electrons. The zero-order chi connectivity index (χ0) is 19.8. The minimum absolute atomic E-state index is 0. The Hall–Kier alpha value is -2.57. The van der Waals surface area contributed by atoms with Crippen LogP contribution in [-0.2, 0) is 22.6 Å². The monoisotopic (exact) mass is 438 g/mol. The van der Waals surface area contributed by atoms with Crippen LogP contribution in [0.5, 0.6) is 0 Å². The predicted molar refractivity (Wildman–Crippen MR) is 120 cm³/mol. The second-order valence-corrected chi connectivity index (χ2v) is 6.65. The first-order chi connectivity index (χ1) is 12.9. The lowest BCUT2D eigenvalue weighted by Crippen LogP contribution is -2.39. The van der Waals surface area contributed by atoms with Gasteiger partial charge in [0.15, 0.2) is 0 Å². The Morgan fingerprint density at radius 2 is 1.55 bits per heavy atom. The minimum atomic E-state index is -0.523. The second kappa shape index (κ2) is 12.8. The number of nitrogens with two attached hydrogens (primary N) is 2. The molecule has 0 aliphatic rings. The van der Waals surface area contributed by atoms with Crippen LogP contribution >= 0.6 is 24.8 Å². The molecule has 2 amide bonds. The van der Waals surface area contributed by atoms with E-state index in [2.05, 4.69) is 5.32 Å². The summed E-state index contributed by atoms with van der Waals surface area (Å²) in [5.74, 6) is -1.70. The first-order valence-electron chi connectivity index (χ1n) is 8.92. The van der Waals surface area contributed by atoms with Gasteiger partial charge in [-0.3, -0.25) is 15.0 Å². The van der Waals surface area contributed by atoms with Gasteiger partial charge < -0.3 is 16.8 Å². The summed E-state index contributed by atoms with van der Waals surface area (Å²) in [5, 5.41) is 10.2. The molecule has 0 bridgehead atoms. The third-order valence-electron chi connectivity index (χ3n) is 4.70. The molecule has 2 rings (SSSR count). The highest BCUT2D eigenvalue weighted by Gasteiger charge is 2.28. The first-order valence-corrected chi connectivity index (χ1v) is 8.92. The smallest absolute Gasteiger partial charge is 0.223 e. The third kappa shape index (κ3) is 8.13. The van der Waals surface area contributed by atoms with Gasteiger partial charge in [0.2, 0.25) is 11.8 Å². The number of halogens is 2. The molecule has 29 heavy (non-hydrogen) atoms. The Morgan fingerprint density at radius 3 is 2.07 bits per heavy atom. The van der Waals surface area contributed by atoms with Crippen LogP contribution in [0, 0.1) is 17.2 Å². The molecule has 6 N–H and O–H groups in total. The highest BCUT2D eigenvalue weighted by molar-refractivity contribution is 5.94. The van der Waals surface area contributed by atoms with Crippen molar-refractivity contribution in [2.24, 2.45) is 23.3 Å². The van der Waals surface area contributed by atoms with E-state index >= 15 is 0 Å². The number of carbonyl (C=O) groups is 2. The number of amidine groups is 1. The van der Waals surface area contributed by atoms with Gasteiger partial charge in [-0.1, -0.05) is 61.5 Å². The molecule has 0 spiro atoms. The highest BCUT2D eigenvalue weighted by Crippen LogP contribution is 2.19. The lowest BCUT2D eigenvalue weighted by Gasteiger charge is -2.20. The van der Waals surface area contributed by atoms with E-state index in [1.54, 1.807) is 19.1 Å². The number of primary amides is 1. The summed E-state index contributed by atoms with van der Waals surface area (Å²) in [5.41, 5.74) is 13.6. The average molecular weight is 439 g/mol. The summed E-state index contributed by atoms with van der Waals surface area (Å²) >= 11 is 0.